The highest BCUT2D eigenvalue weighted by molar-refractivity contribution is 5.92. The van der Waals surface area contributed by atoms with Gasteiger partial charge in [-0.25, -0.2) is 4.79 Å². The molecule has 1 N–H and O–H groups in total. The molecule has 5 heterocycles. The predicted molar refractivity (Wildman–Crippen MR) is 169 cm³/mol. The second kappa shape index (κ2) is 9.33. The van der Waals surface area contributed by atoms with Gasteiger partial charge in [0.15, 0.2) is 46.0 Å². The quantitative estimate of drug-likeness (QED) is 0.281. The monoisotopic (exact) mass is 646 g/mol. The van der Waals surface area contributed by atoms with Gasteiger partial charge in [0.1, 0.15) is 0 Å². The number of fused-ring (bicyclic) bond motifs is 10. The van der Waals surface area contributed by atoms with Gasteiger partial charge in [-0.2, -0.15) is 0 Å². The first-order valence-corrected chi connectivity index (χ1v) is 16.4. The van der Waals surface area contributed by atoms with E-state index in [1.165, 1.54) is 5.56 Å². The average Bonchev–Trinajstić information content (AvgIpc) is 3.89. The molecule has 0 saturated carbocycles. The van der Waals surface area contributed by atoms with Crippen molar-refractivity contribution < 1.29 is 43.1 Å². The molecule has 2 aliphatic carbocycles. The second-order valence-corrected chi connectivity index (χ2v) is 13.2. The van der Waals surface area contributed by atoms with E-state index >= 15 is 4.79 Å². The van der Waals surface area contributed by atoms with E-state index in [0.29, 0.717) is 67.5 Å². The van der Waals surface area contributed by atoms with E-state index in [0.717, 1.165) is 61.6 Å². The molecular weight excluding hydrogens is 616 g/mol. The van der Waals surface area contributed by atoms with E-state index in [4.69, 9.17) is 33.2 Å². The largest absolute Gasteiger partial charge is 0.504 e. The lowest BCUT2D eigenvalue weighted by molar-refractivity contribution is 0.106. The number of hydrogen-bond acceptors (Lipinski definition) is 9. The Bertz CT molecular complexity index is 2040. The number of rotatable bonds is 1. The molecule has 0 saturated heterocycles. The van der Waals surface area contributed by atoms with Gasteiger partial charge in [0.25, 0.3) is 0 Å². The Morgan fingerprint density at radius 1 is 0.667 bits per heavy atom. The number of aromatic hydroxyl groups is 1. The zero-order chi connectivity index (χ0) is 31.8. The normalized spacial score (nSPS) is 20.9. The number of carbonyl (C=O) groups is 1. The van der Waals surface area contributed by atoms with Gasteiger partial charge in [-0.3, -0.25) is 0 Å². The highest BCUT2D eigenvalue weighted by Gasteiger charge is 2.47. The van der Waals surface area contributed by atoms with Crippen molar-refractivity contribution >= 4 is 6.03 Å². The number of benzene rings is 4. The SMILES string of the molecule is COc1c(O)ccc2c1-c1c3c(cc4c1[C@@H](C2)N(C(=O)N1CCc2cc5c(c6c2[C@H]1Cc1ccc2c(c1-6)OCO2)OCO5)CC4)OCO3. The Morgan fingerprint density at radius 2 is 1.19 bits per heavy atom. The van der Waals surface area contributed by atoms with Crippen LogP contribution in [0.1, 0.15) is 45.5 Å². The van der Waals surface area contributed by atoms with Crippen molar-refractivity contribution in [3.8, 4) is 68.2 Å². The first-order valence-electron chi connectivity index (χ1n) is 16.4. The van der Waals surface area contributed by atoms with Crippen LogP contribution in [0.4, 0.5) is 4.79 Å². The lowest BCUT2D eigenvalue weighted by atomic mass is 9.75. The molecule has 0 aromatic heterocycles. The number of hydrogen-bond donors (Lipinski definition) is 1. The van der Waals surface area contributed by atoms with Crippen molar-refractivity contribution in [1.82, 2.24) is 9.80 Å². The van der Waals surface area contributed by atoms with E-state index in [2.05, 4.69) is 23.1 Å². The summed E-state index contributed by atoms with van der Waals surface area (Å²) < 4.78 is 41.5. The number of methoxy groups -OCH3 is 1. The van der Waals surface area contributed by atoms with Crippen LogP contribution in [0.2, 0.25) is 0 Å². The maximum atomic E-state index is 15.1. The maximum absolute atomic E-state index is 15.1. The summed E-state index contributed by atoms with van der Waals surface area (Å²) in [4.78, 5) is 19.2. The van der Waals surface area contributed by atoms with Crippen molar-refractivity contribution in [2.75, 3.05) is 40.6 Å². The number of phenols is 1. The summed E-state index contributed by atoms with van der Waals surface area (Å²) in [7, 11) is 1.56. The molecule has 4 aromatic carbocycles. The molecule has 5 aliphatic heterocycles. The van der Waals surface area contributed by atoms with Gasteiger partial charge in [0, 0.05) is 35.3 Å². The second-order valence-electron chi connectivity index (χ2n) is 13.2. The first-order chi connectivity index (χ1) is 23.6. The molecule has 7 aliphatic rings. The molecule has 0 fully saturated rings. The first kappa shape index (κ1) is 26.6. The third-order valence-electron chi connectivity index (χ3n) is 11.1. The van der Waals surface area contributed by atoms with Crippen LogP contribution in [0.3, 0.4) is 0 Å². The Morgan fingerprint density at radius 3 is 1.79 bits per heavy atom. The third kappa shape index (κ3) is 3.30. The minimum atomic E-state index is -0.227. The highest BCUT2D eigenvalue weighted by Crippen LogP contribution is 2.60. The van der Waals surface area contributed by atoms with Crippen molar-refractivity contribution in [1.29, 1.82) is 0 Å². The van der Waals surface area contributed by atoms with Gasteiger partial charge in [0.05, 0.1) is 19.2 Å². The topological polar surface area (TPSA) is 108 Å². The van der Waals surface area contributed by atoms with Gasteiger partial charge in [-0.1, -0.05) is 12.1 Å². The predicted octanol–water partition coefficient (Wildman–Crippen LogP) is 5.65. The molecule has 2 atom stereocenters. The van der Waals surface area contributed by atoms with Crippen molar-refractivity contribution in [2.24, 2.45) is 0 Å². The van der Waals surface area contributed by atoms with Gasteiger partial charge >= 0.3 is 6.03 Å². The van der Waals surface area contributed by atoms with Crippen LogP contribution in [0, 0.1) is 0 Å². The molecule has 0 bridgehead atoms. The summed E-state index contributed by atoms with van der Waals surface area (Å²) >= 11 is 0. The summed E-state index contributed by atoms with van der Waals surface area (Å²) in [6.07, 6.45) is 2.60. The van der Waals surface area contributed by atoms with Crippen LogP contribution < -0.4 is 33.2 Å². The molecule has 0 unspecified atom stereocenters. The number of ether oxygens (including phenoxy) is 7. The fraction of sp³-hybridized carbons (Fsp3) is 0.324. The minimum Gasteiger partial charge on any atom is -0.504 e. The molecule has 48 heavy (non-hydrogen) atoms. The summed E-state index contributed by atoms with van der Waals surface area (Å²) in [5, 5.41) is 10.8. The Hall–Kier alpha value is -5.45. The van der Waals surface area contributed by atoms with Crippen LogP contribution >= 0.6 is 0 Å². The highest BCUT2D eigenvalue weighted by atomic mass is 16.7. The zero-order valence-electron chi connectivity index (χ0n) is 26.1. The third-order valence-corrected chi connectivity index (χ3v) is 11.1. The van der Waals surface area contributed by atoms with E-state index in [9.17, 15) is 5.11 Å². The van der Waals surface area contributed by atoms with Crippen LogP contribution in [-0.2, 0) is 25.7 Å². The van der Waals surface area contributed by atoms with Crippen molar-refractivity contribution in [2.45, 2.75) is 37.8 Å². The molecule has 11 nitrogen and oxygen atoms in total. The average molecular weight is 647 g/mol. The zero-order valence-corrected chi connectivity index (χ0v) is 26.1. The van der Waals surface area contributed by atoms with E-state index in [1.807, 2.05) is 17.0 Å². The summed E-state index contributed by atoms with van der Waals surface area (Å²) in [6.45, 7) is 1.59. The molecule has 11 heteroatoms. The van der Waals surface area contributed by atoms with Crippen LogP contribution in [0.25, 0.3) is 22.3 Å². The number of nitrogens with zero attached hydrogens (tertiary/aromatic N) is 2. The van der Waals surface area contributed by atoms with E-state index in [1.54, 1.807) is 13.2 Å². The molecule has 0 radical (unpaired) electrons. The number of carbonyl (C=O) groups excluding carboxylic acids is 1. The number of phenolic OH excluding ortho intramolecular Hbond substituents is 1. The van der Waals surface area contributed by atoms with Gasteiger partial charge in [-0.05, 0) is 83.3 Å². The Kier molecular flexibility index (Phi) is 5.17. The molecule has 4 aromatic rings. The van der Waals surface area contributed by atoms with E-state index < -0.39 is 0 Å². The number of amides is 2. The van der Waals surface area contributed by atoms with Crippen molar-refractivity contribution in [3.63, 3.8) is 0 Å². The van der Waals surface area contributed by atoms with Gasteiger partial charge in [-0.15, -0.1) is 0 Å². The summed E-state index contributed by atoms with van der Waals surface area (Å²) in [6, 6.07) is 11.4. The lowest BCUT2D eigenvalue weighted by Gasteiger charge is -2.47. The Labute approximate surface area is 275 Å². The molecule has 0 spiro atoms. The Balaban J connectivity index is 1.04. The molecule has 242 valence electrons. The van der Waals surface area contributed by atoms with Crippen LogP contribution in [0.5, 0.6) is 46.0 Å². The molecule has 11 rings (SSSR count). The standard InChI is InChI=1S/C37H30N2O9/c1-42-33-23(40)4-2-17-10-21-27-19(12-25-35(47-15-44-25)31(27)29(17)33)6-8-38(21)37(41)39-9-7-20-13-26-36(48-16-45-26)32-28(20)22(39)11-18-3-5-24-34(30(18)32)46-14-43-24/h2-5,12-13,21-22,40H,6-11,14-16H2,1H3/t21-,22-/m1/s1. The minimum absolute atomic E-state index is 0.00641. The van der Waals surface area contributed by atoms with Gasteiger partial charge in [0.2, 0.25) is 20.4 Å². The fourth-order valence-corrected chi connectivity index (χ4v) is 9.18. The van der Waals surface area contributed by atoms with Crippen molar-refractivity contribution in [3.05, 3.63) is 69.8 Å². The number of urea groups is 1. The maximum Gasteiger partial charge on any atom is 0.321 e. The van der Waals surface area contributed by atoms with E-state index in [-0.39, 0.29) is 44.2 Å². The van der Waals surface area contributed by atoms with Crippen LogP contribution in [0.15, 0.2) is 36.4 Å². The van der Waals surface area contributed by atoms with Crippen LogP contribution in [-0.4, -0.2) is 61.5 Å². The summed E-state index contributed by atoms with van der Waals surface area (Å²) in [5.74, 6) is 4.65. The lowest BCUT2D eigenvalue weighted by Crippen LogP contribution is -2.52. The summed E-state index contributed by atoms with van der Waals surface area (Å²) in [5.41, 5.74) is 10.1. The fourth-order valence-electron chi connectivity index (χ4n) is 9.18. The smallest absolute Gasteiger partial charge is 0.321 e. The van der Waals surface area contributed by atoms with Gasteiger partial charge < -0.3 is 48.1 Å². The molecular formula is C37H30N2O9. The molecule has 2 amide bonds.